The van der Waals surface area contributed by atoms with Crippen molar-refractivity contribution in [1.29, 1.82) is 0 Å². The molecule has 0 aliphatic carbocycles. The summed E-state index contributed by atoms with van der Waals surface area (Å²) in [5.41, 5.74) is 1.16. The van der Waals surface area contributed by atoms with Gasteiger partial charge in [0.1, 0.15) is 10.8 Å². The lowest BCUT2D eigenvalue weighted by Crippen LogP contribution is -2.07. The molecule has 0 amide bonds. The van der Waals surface area contributed by atoms with Crippen LogP contribution in [-0.2, 0) is 13.2 Å². The first-order chi connectivity index (χ1) is 13.2. The van der Waals surface area contributed by atoms with Crippen LogP contribution in [0.4, 0.5) is 17.6 Å². The van der Waals surface area contributed by atoms with Crippen molar-refractivity contribution in [2.45, 2.75) is 6.18 Å². The summed E-state index contributed by atoms with van der Waals surface area (Å²) in [6.45, 7) is 0. The number of ether oxygens (including phenoxy) is 1. The zero-order chi connectivity index (χ0) is 20.2. The number of fused-ring (bicyclic) bond motifs is 1. The molecule has 0 fully saturated rings. The number of H-pyrrole nitrogens is 2. The van der Waals surface area contributed by atoms with Crippen LogP contribution in [0, 0.1) is 5.82 Å². The van der Waals surface area contributed by atoms with E-state index in [0.29, 0.717) is 16.5 Å². The van der Waals surface area contributed by atoms with Crippen molar-refractivity contribution in [2.75, 3.05) is 7.11 Å². The first-order valence-electron chi connectivity index (χ1n) is 7.77. The Morgan fingerprint density at radius 2 is 2.04 bits per heavy atom. The Hall–Kier alpha value is -3.08. The van der Waals surface area contributed by atoms with Crippen LogP contribution in [0.1, 0.15) is 5.82 Å². The molecule has 7 nitrogen and oxygen atoms in total. The third-order valence-corrected chi connectivity index (χ3v) is 4.65. The van der Waals surface area contributed by atoms with E-state index in [1.54, 1.807) is 0 Å². The number of nitrogens with zero attached hydrogens (tertiary/aromatic N) is 4. The fourth-order valence-corrected chi connectivity index (χ4v) is 3.34. The van der Waals surface area contributed by atoms with E-state index in [1.165, 1.54) is 37.2 Å². The smallest absolute Gasteiger partial charge is 0.453 e. The fourth-order valence-electron chi connectivity index (χ4n) is 3.12. The summed E-state index contributed by atoms with van der Waals surface area (Å²) < 4.78 is 60.3. The van der Waals surface area contributed by atoms with Gasteiger partial charge < -0.3 is 9.30 Å². The minimum Gasteiger partial charge on any atom is -0.495 e. The summed E-state index contributed by atoms with van der Waals surface area (Å²) >= 11 is 6.02. The molecule has 0 saturated carbocycles. The highest BCUT2D eigenvalue weighted by Crippen LogP contribution is 2.44. The van der Waals surface area contributed by atoms with E-state index < -0.39 is 17.8 Å². The number of hydrogen-bond acceptors (Lipinski definition) is 4. The molecule has 3 aromatic heterocycles. The number of aromatic nitrogens is 6. The zero-order valence-electron chi connectivity index (χ0n) is 14.3. The maximum Gasteiger partial charge on any atom is 0.453 e. The van der Waals surface area contributed by atoms with E-state index >= 15 is 0 Å². The van der Waals surface area contributed by atoms with Gasteiger partial charge in [-0.2, -0.15) is 18.3 Å². The molecule has 146 valence electrons. The van der Waals surface area contributed by atoms with E-state index in [0.717, 1.165) is 0 Å². The molecule has 0 bridgehead atoms. The first kappa shape index (κ1) is 18.3. The minimum atomic E-state index is -4.73. The normalized spacial score (nSPS) is 12.1. The van der Waals surface area contributed by atoms with Gasteiger partial charge in [0.15, 0.2) is 11.6 Å². The average molecular weight is 415 g/mol. The molecular formula is C16H11ClF4N6O. The Balaban J connectivity index is 2.11. The van der Waals surface area contributed by atoms with Gasteiger partial charge in [-0.15, -0.1) is 5.10 Å². The number of rotatable bonds is 3. The molecule has 1 aromatic carbocycles. The maximum atomic E-state index is 15.0. The molecule has 4 aromatic rings. The van der Waals surface area contributed by atoms with E-state index in [1.807, 2.05) is 0 Å². The predicted octanol–water partition coefficient (Wildman–Crippen LogP) is 4.17. The molecule has 0 spiro atoms. The highest BCUT2D eigenvalue weighted by atomic mass is 35.5. The second kappa shape index (κ2) is 6.23. The largest absolute Gasteiger partial charge is 0.495 e. The second-order valence-electron chi connectivity index (χ2n) is 5.88. The molecule has 0 aliphatic rings. The van der Waals surface area contributed by atoms with Gasteiger partial charge in [0.25, 0.3) is 5.82 Å². The summed E-state index contributed by atoms with van der Waals surface area (Å²) in [6, 6.07) is 1.51. The van der Waals surface area contributed by atoms with Crippen molar-refractivity contribution in [2.24, 2.45) is 7.05 Å². The number of aromatic amines is 2. The summed E-state index contributed by atoms with van der Waals surface area (Å²) in [4.78, 5) is 3.54. The summed E-state index contributed by atoms with van der Waals surface area (Å²) in [5.74, 6) is -2.20. The van der Waals surface area contributed by atoms with Crippen LogP contribution < -0.4 is 4.74 Å². The van der Waals surface area contributed by atoms with Gasteiger partial charge in [0.2, 0.25) is 0 Å². The number of hydrogen-bond donors (Lipinski definition) is 2. The lowest BCUT2D eigenvalue weighted by Gasteiger charge is -2.06. The van der Waals surface area contributed by atoms with Crippen molar-refractivity contribution in [1.82, 2.24) is 29.9 Å². The van der Waals surface area contributed by atoms with Crippen molar-refractivity contribution < 1.29 is 22.3 Å². The second-order valence-corrected chi connectivity index (χ2v) is 6.26. The number of aryl methyl sites for hydroxylation is 1. The zero-order valence-corrected chi connectivity index (χ0v) is 15.1. The molecular weight excluding hydrogens is 404 g/mol. The van der Waals surface area contributed by atoms with Gasteiger partial charge in [-0.05, 0) is 6.07 Å². The third-order valence-electron chi connectivity index (χ3n) is 4.29. The first-order valence-corrected chi connectivity index (χ1v) is 8.15. The SMILES string of the molecule is COc1cc2c(-c3cn[nH]c3)c(-c3nc(C(F)(F)F)n[nH]3)n(C)c2c(F)c1Cl. The van der Waals surface area contributed by atoms with Crippen LogP contribution in [0.5, 0.6) is 5.75 Å². The standard InChI is InChI=1S/C16H11ClF4N6O/c1-27-12-7(3-8(28-2)10(17)11(12)18)9(6-4-22-23-5-6)13(27)14-24-15(26-25-14)16(19,20)21/h3-5H,1-2H3,(H,22,23)(H,24,25,26). The quantitative estimate of drug-likeness (QED) is 0.493. The molecule has 0 aliphatic heterocycles. The molecule has 0 unspecified atom stereocenters. The van der Waals surface area contributed by atoms with E-state index in [2.05, 4.69) is 25.4 Å². The maximum absolute atomic E-state index is 15.0. The van der Waals surface area contributed by atoms with Crippen LogP contribution >= 0.6 is 11.6 Å². The molecule has 0 radical (unpaired) electrons. The van der Waals surface area contributed by atoms with Crippen LogP contribution in [-0.4, -0.2) is 37.1 Å². The van der Waals surface area contributed by atoms with Gasteiger partial charge in [0.05, 0.1) is 24.5 Å². The monoisotopic (exact) mass is 414 g/mol. The van der Waals surface area contributed by atoms with Crippen molar-refractivity contribution >= 4 is 22.5 Å². The van der Waals surface area contributed by atoms with Crippen molar-refractivity contribution in [3.63, 3.8) is 0 Å². The molecule has 28 heavy (non-hydrogen) atoms. The third kappa shape index (κ3) is 2.61. The Morgan fingerprint density at radius 1 is 1.29 bits per heavy atom. The van der Waals surface area contributed by atoms with Crippen LogP contribution in [0.15, 0.2) is 18.5 Å². The Labute approximate surface area is 159 Å². The van der Waals surface area contributed by atoms with Crippen molar-refractivity contribution in [3.8, 4) is 28.4 Å². The Morgan fingerprint density at radius 3 is 2.61 bits per heavy atom. The topological polar surface area (TPSA) is 84.4 Å². The number of benzene rings is 1. The van der Waals surface area contributed by atoms with E-state index in [-0.39, 0.29) is 27.8 Å². The van der Waals surface area contributed by atoms with E-state index in [4.69, 9.17) is 16.3 Å². The number of nitrogens with one attached hydrogen (secondary N) is 2. The summed E-state index contributed by atoms with van der Waals surface area (Å²) in [6.07, 6.45) is -1.75. The average Bonchev–Trinajstić information content (AvgIpc) is 3.36. The number of halogens is 5. The highest BCUT2D eigenvalue weighted by molar-refractivity contribution is 6.33. The molecule has 2 N–H and O–H groups in total. The van der Waals surface area contributed by atoms with Crippen LogP contribution in [0.3, 0.4) is 0 Å². The summed E-state index contributed by atoms with van der Waals surface area (Å²) in [5, 5.41) is 12.1. The molecule has 0 atom stereocenters. The van der Waals surface area contributed by atoms with Gasteiger partial charge in [-0.1, -0.05) is 11.6 Å². The lowest BCUT2D eigenvalue weighted by atomic mass is 10.0. The van der Waals surface area contributed by atoms with E-state index in [9.17, 15) is 17.6 Å². The minimum absolute atomic E-state index is 0.0713. The summed E-state index contributed by atoms with van der Waals surface area (Å²) in [7, 11) is 2.82. The molecule has 12 heteroatoms. The Bertz CT molecular complexity index is 1180. The van der Waals surface area contributed by atoms with Gasteiger partial charge in [-0.3, -0.25) is 10.2 Å². The number of methoxy groups -OCH3 is 1. The molecule has 0 saturated heterocycles. The molecule has 4 rings (SSSR count). The molecule has 3 heterocycles. The highest BCUT2D eigenvalue weighted by Gasteiger charge is 2.37. The van der Waals surface area contributed by atoms with Crippen LogP contribution in [0.2, 0.25) is 5.02 Å². The van der Waals surface area contributed by atoms with Gasteiger partial charge >= 0.3 is 6.18 Å². The lowest BCUT2D eigenvalue weighted by molar-refractivity contribution is -0.144. The predicted molar refractivity (Wildman–Crippen MR) is 92.4 cm³/mol. The van der Waals surface area contributed by atoms with Crippen molar-refractivity contribution in [3.05, 3.63) is 35.1 Å². The fraction of sp³-hybridized carbons (Fsp3) is 0.188. The Kier molecular flexibility index (Phi) is 4.07. The van der Waals surface area contributed by atoms with Crippen LogP contribution in [0.25, 0.3) is 33.5 Å². The van der Waals surface area contributed by atoms with Gasteiger partial charge in [0, 0.05) is 29.8 Å². The van der Waals surface area contributed by atoms with Gasteiger partial charge in [-0.25, -0.2) is 9.37 Å². The number of alkyl halides is 3.